The fourth-order valence-electron chi connectivity index (χ4n) is 3.33. The fraction of sp³-hybridized carbons (Fsp3) is 0.550. The van der Waals surface area contributed by atoms with Gasteiger partial charge in [-0.1, -0.05) is 36.6 Å². The number of amides is 2. The summed E-state index contributed by atoms with van der Waals surface area (Å²) in [4.78, 5) is 18.6. The molecule has 6 heteroatoms. The maximum atomic E-state index is 12.4. The number of hydrogen-bond acceptors (Lipinski definition) is 4. The van der Waals surface area contributed by atoms with Crippen molar-refractivity contribution < 1.29 is 9.32 Å². The molecular formula is C20H28N4O2. The Balaban J connectivity index is 1.51. The molecule has 26 heavy (non-hydrogen) atoms. The summed E-state index contributed by atoms with van der Waals surface area (Å²) in [5.74, 6) is 1.86. The van der Waals surface area contributed by atoms with Gasteiger partial charge in [0.05, 0.1) is 0 Å². The monoisotopic (exact) mass is 356 g/mol. The summed E-state index contributed by atoms with van der Waals surface area (Å²) in [5, 5.41) is 7.05. The van der Waals surface area contributed by atoms with Crippen LogP contribution in [0.4, 0.5) is 10.5 Å². The predicted molar refractivity (Wildman–Crippen MR) is 101 cm³/mol. The Morgan fingerprint density at radius 3 is 2.81 bits per heavy atom. The number of aromatic nitrogens is 2. The number of carbonyl (C=O) groups is 1. The average molecular weight is 356 g/mol. The molecule has 2 amide bonds. The molecule has 1 aromatic heterocycles. The first kappa shape index (κ1) is 18.4. The minimum absolute atomic E-state index is 0.130. The molecule has 2 aromatic rings. The van der Waals surface area contributed by atoms with Crippen LogP contribution in [0.3, 0.4) is 0 Å². The van der Waals surface area contributed by atoms with Crippen molar-refractivity contribution in [2.45, 2.75) is 58.3 Å². The van der Waals surface area contributed by atoms with Gasteiger partial charge in [0.2, 0.25) is 5.89 Å². The summed E-state index contributed by atoms with van der Waals surface area (Å²) in [7, 11) is 1.78. The Labute approximate surface area is 155 Å². The molecule has 1 aliphatic rings. The Kier molecular flexibility index (Phi) is 5.91. The van der Waals surface area contributed by atoms with Crippen LogP contribution in [0, 0.1) is 13.8 Å². The van der Waals surface area contributed by atoms with Crippen molar-refractivity contribution in [1.29, 1.82) is 0 Å². The molecule has 3 rings (SSSR count). The van der Waals surface area contributed by atoms with E-state index in [2.05, 4.69) is 15.5 Å². The van der Waals surface area contributed by atoms with E-state index in [9.17, 15) is 4.79 Å². The molecular weight excluding hydrogens is 328 g/mol. The first-order valence-corrected chi connectivity index (χ1v) is 9.45. The van der Waals surface area contributed by atoms with Crippen LogP contribution in [0.5, 0.6) is 0 Å². The maximum Gasteiger partial charge on any atom is 0.321 e. The van der Waals surface area contributed by atoms with Crippen LogP contribution in [0.2, 0.25) is 0 Å². The van der Waals surface area contributed by atoms with E-state index in [-0.39, 0.29) is 6.03 Å². The van der Waals surface area contributed by atoms with Crippen LogP contribution in [-0.2, 0) is 6.42 Å². The number of urea groups is 1. The van der Waals surface area contributed by atoms with Crippen LogP contribution in [-0.4, -0.2) is 34.7 Å². The predicted octanol–water partition coefficient (Wildman–Crippen LogP) is 4.44. The number of likely N-dealkylation sites (N-methyl/N-ethyl adjacent to an activating group) is 1. The van der Waals surface area contributed by atoms with E-state index in [1.807, 2.05) is 32.0 Å². The summed E-state index contributed by atoms with van der Waals surface area (Å²) in [5.41, 5.74) is 3.02. The van der Waals surface area contributed by atoms with Crippen molar-refractivity contribution >= 4 is 11.7 Å². The number of nitrogens with zero attached hydrogens (tertiary/aromatic N) is 3. The number of nitrogens with one attached hydrogen (secondary N) is 1. The zero-order valence-corrected chi connectivity index (χ0v) is 15.9. The molecule has 1 aromatic carbocycles. The van der Waals surface area contributed by atoms with Crippen LogP contribution in [0.1, 0.15) is 60.9 Å². The molecule has 0 aliphatic heterocycles. The van der Waals surface area contributed by atoms with E-state index < -0.39 is 0 Å². The van der Waals surface area contributed by atoms with Crippen molar-refractivity contribution in [3.8, 4) is 0 Å². The summed E-state index contributed by atoms with van der Waals surface area (Å²) in [6, 6.07) is 5.90. The molecule has 1 fully saturated rings. The molecule has 0 unspecified atom stereocenters. The van der Waals surface area contributed by atoms with Crippen molar-refractivity contribution in [2.24, 2.45) is 0 Å². The lowest BCUT2D eigenvalue weighted by atomic mass is 9.89. The van der Waals surface area contributed by atoms with E-state index in [0.717, 1.165) is 35.5 Å². The molecule has 0 saturated heterocycles. The second kappa shape index (κ2) is 8.34. The second-order valence-electron chi connectivity index (χ2n) is 7.30. The van der Waals surface area contributed by atoms with Gasteiger partial charge in [-0.05, 0) is 43.9 Å². The molecule has 0 bridgehead atoms. The zero-order chi connectivity index (χ0) is 18.5. The number of rotatable bonds is 5. The molecule has 6 nitrogen and oxygen atoms in total. The van der Waals surface area contributed by atoms with Gasteiger partial charge in [-0.25, -0.2) is 4.79 Å². The van der Waals surface area contributed by atoms with Gasteiger partial charge >= 0.3 is 6.03 Å². The Morgan fingerprint density at radius 1 is 1.27 bits per heavy atom. The highest BCUT2D eigenvalue weighted by Gasteiger charge is 2.21. The van der Waals surface area contributed by atoms with Crippen molar-refractivity contribution in [2.75, 3.05) is 18.9 Å². The van der Waals surface area contributed by atoms with Gasteiger partial charge in [-0.15, -0.1) is 0 Å². The smallest absolute Gasteiger partial charge is 0.321 e. The third-order valence-electron chi connectivity index (χ3n) is 5.09. The van der Waals surface area contributed by atoms with Crippen LogP contribution < -0.4 is 5.32 Å². The topological polar surface area (TPSA) is 71.3 Å². The summed E-state index contributed by atoms with van der Waals surface area (Å²) in [6.07, 6.45) is 6.65. The van der Waals surface area contributed by atoms with Crippen LogP contribution in [0.15, 0.2) is 22.7 Å². The lowest BCUT2D eigenvalue weighted by molar-refractivity contribution is 0.222. The van der Waals surface area contributed by atoms with Gasteiger partial charge in [0.1, 0.15) is 0 Å². The Hall–Kier alpha value is -2.37. The third-order valence-corrected chi connectivity index (χ3v) is 5.09. The lowest BCUT2D eigenvalue weighted by Crippen LogP contribution is -2.33. The minimum Gasteiger partial charge on any atom is -0.339 e. The molecule has 1 saturated carbocycles. The minimum atomic E-state index is -0.130. The van der Waals surface area contributed by atoms with Crippen LogP contribution in [0.25, 0.3) is 0 Å². The molecule has 140 valence electrons. The number of benzene rings is 1. The summed E-state index contributed by atoms with van der Waals surface area (Å²) >= 11 is 0. The summed E-state index contributed by atoms with van der Waals surface area (Å²) < 4.78 is 5.44. The summed E-state index contributed by atoms with van der Waals surface area (Å²) in [6.45, 7) is 4.54. The molecule has 1 aliphatic carbocycles. The highest BCUT2D eigenvalue weighted by Crippen LogP contribution is 2.31. The van der Waals surface area contributed by atoms with Crippen molar-refractivity contribution in [1.82, 2.24) is 15.0 Å². The van der Waals surface area contributed by atoms with Gasteiger partial charge in [0.15, 0.2) is 5.82 Å². The van der Waals surface area contributed by atoms with E-state index in [1.165, 1.54) is 19.3 Å². The second-order valence-corrected chi connectivity index (χ2v) is 7.30. The van der Waals surface area contributed by atoms with Gasteiger partial charge in [-0.3, -0.25) is 0 Å². The van der Waals surface area contributed by atoms with Gasteiger partial charge in [-0.2, -0.15) is 4.98 Å². The third kappa shape index (κ3) is 4.62. The number of hydrogen-bond donors (Lipinski definition) is 1. The van der Waals surface area contributed by atoms with E-state index in [1.54, 1.807) is 11.9 Å². The fourth-order valence-corrected chi connectivity index (χ4v) is 3.33. The first-order valence-electron chi connectivity index (χ1n) is 9.45. The highest BCUT2D eigenvalue weighted by atomic mass is 16.5. The largest absolute Gasteiger partial charge is 0.339 e. The molecule has 0 atom stereocenters. The molecule has 1 N–H and O–H groups in total. The first-order chi connectivity index (χ1) is 12.5. The van der Waals surface area contributed by atoms with Crippen molar-refractivity contribution in [3.05, 3.63) is 41.0 Å². The quantitative estimate of drug-likeness (QED) is 0.859. The Bertz CT molecular complexity index is 750. The standard InChI is InChI=1S/C20H28N4O2/c1-14-9-10-15(2)17(13-14)21-20(25)24(3)12-11-18-22-19(26-23-18)16-7-5-4-6-8-16/h9-10,13,16H,4-8,11-12H2,1-3H3,(H,21,25). The van der Waals surface area contributed by atoms with Gasteiger partial charge in [0.25, 0.3) is 0 Å². The average Bonchev–Trinajstić information content (AvgIpc) is 3.12. The molecule has 1 heterocycles. The Morgan fingerprint density at radius 2 is 2.04 bits per heavy atom. The van der Waals surface area contributed by atoms with Crippen LogP contribution >= 0.6 is 0 Å². The normalized spacial score (nSPS) is 15.0. The number of carbonyl (C=O) groups excluding carboxylic acids is 1. The molecule has 0 spiro atoms. The molecule has 0 radical (unpaired) electrons. The SMILES string of the molecule is Cc1ccc(C)c(NC(=O)N(C)CCc2noc(C3CCCCC3)n2)c1. The van der Waals surface area contributed by atoms with Gasteiger partial charge in [0, 0.05) is 31.6 Å². The van der Waals surface area contributed by atoms with Gasteiger partial charge < -0.3 is 14.7 Å². The van der Waals surface area contributed by atoms with E-state index >= 15 is 0 Å². The van der Waals surface area contributed by atoms with Crippen molar-refractivity contribution in [3.63, 3.8) is 0 Å². The number of anilines is 1. The van der Waals surface area contributed by atoms with E-state index in [4.69, 9.17) is 4.52 Å². The zero-order valence-electron chi connectivity index (χ0n) is 15.9. The van der Waals surface area contributed by atoms with E-state index in [0.29, 0.717) is 24.7 Å². The number of aryl methyl sites for hydroxylation is 2. The lowest BCUT2D eigenvalue weighted by Gasteiger charge is -2.18. The maximum absolute atomic E-state index is 12.4. The highest BCUT2D eigenvalue weighted by molar-refractivity contribution is 5.90.